The minimum Gasteiger partial charge on any atom is -0.482 e. The summed E-state index contributed by atoms with van der Waals surface area (Å²) < 4.78 is 16.0. The van der Waals surface area contributed by atoms with E-state index >= 15 is 0 Å². The van der Waals surface area contributed by atoms with Crippen LogP contribution in [-0.2, 0) is 14.3 Å². The van der Waals surface area contributed by atoms with Gasteiger partial charge in [0.25, 0.3) is 0 Å². The average molecular weight is 353 g/mol. The van der Waals surface area contributed by atoms with E-state index in [1.165, 1.54) is 0 Å². The number of anilines is 1. The van der Waals surface area contributed by atoms with Crippen LogP contribution in [0.4, 0.5) is 11.4 Å². The van der Waals surface area contributed by atoms with Gasteiger partial charge in [0, 0.05) is 25.8 Å². The largest absolute Gasteiger partial charge is 0.482 e. The van der Waals surface area contributed by atoms with E-state index in [1.807, 2.05) is 26.8 Å². The molecule has 7 heteroatoms. The van der Waals surface area contributed by atoms with Crippen molar-refractivity contribution in [3.05, 3.63) is 18.2 Å². The van der Waals surface area contributed by atoms with Crippen molar-refractivity contribution in [3.63, 3.8) is 0 Å². The molecule has 4 N–H and O–H groups in total. The van der Waals surface area contributed by atoms with E-state index in [2.05, 4.69) is 5.32 Å². The summed E-state index contributed by atoms with van der Waals surface area (Å²) in [6.45, 7) is 7.71. The predicted molar refractivity (Wildman–Crippen MR) is 93.2 cm³/mol. The van der Waals surface area contributed by atoms with Crippen molar-refractivity contribution in [3.8, 4) is 5.75 Å². The Morgan fingerprint density at radius 2 is 2.08 bits per heavy atom. The topological polar surface area (TPSA) is 93.6 Å². The molecular weight excluding hydrogens is 324 g/mol. The minimum absolute atomic E-state index is 0.170. The van der Waals surface area contributed by atoms with Gasteiger partial charge < -0.3 is 19.5 Å². The van der Waals surface area contributed by atoms with Crippen LogP contribution in [0, 0.1) is 5.92 Å². The van der Waals surface area contributed by atoms with Gasteiger partial charge in [-0.1, -0.05) is 0 Å². The second-order valence-corrected chi connectivity index (χ2v) is 7.19. The molecule has 0 aliphatic carbocycles. The van der Waals surface area contributed by atoms with E-state index < -0.39 is 11.6 Å². The Kier molecular flexibility index (Phi) is 7.04. The predicted octanol–water partition coefficient (Wildman–Crippen LogP) is 1.83. The number of rotatable bonds is 7. The van der Waals surface area contributed by atoms with Gasteiger partial charge in [0.05, 0.1) is 5.69 Å². The molecule has 0 atom stereocenters. The highest BCUT2D eigenvalue weighted by molar-refractivity contribution is 5.72. The number of benzene rings is 1. The number of nitrogens with two attached hydrogens (primary N) is 1. The smallest absolute Gasteiger partial charge is 0.344 e. The fraction of sp³-hybridized carbons (Fsp3) is 0.611. The van der Waals surface area contributed by atoms with Crippen molar-refractivity contribution in [2.45, 2.75) is 39.2 Å². The zero-order valence-electron chi connectivity index (χ0n) is 15.2. The monoisotopic (exact) mass is 353 g/mol. The molecule has 1 heterocycles. The third kappa shape index (κ3) is 6.89. The number of carbonyl (C=O) groups excluding carboxylic acids is 1. The molecule has 0 amide bonds. The van der Waals surface area contributed by atoms with Crippen LogP contribution in [0.1, 0.15) is 33.6 Å². The third-order valence-corrected chi connectivity index (χ3v) is 3.86. The van der Waals surface area contributed by atoms with E-state index in [0.717, 1.165) is 43.8 Å². The van der Waals surface area contributed by atoms with Crippen LogP contribution in [0.5, 0.6) is 5.75 Å². The lowest BCUT2D eigenvalue weighted by Crippen LogP contribution is -2.73. The second-order valence-electron chi connectivity index (χ2n) is 7.19. The van der Waals surface area contributed by atoms with Crippen molar-refractivity contribution in [1.29, 1.82) is 0 Å². The molecule has 0 unspecified atom stereocenters. The molecule has 140 valence electrons. The Balaban J connectivity index is 1.88. The number of hydrogen-bond acceptors (Lipinski definition) is 6. The van der Waals surface area contributed by atoms with Gasteiger partial charge in [-0.05, 0) is 51.7 Å². The van der Waals surface area contributed by atoms with Crippen molar-refractivity contribution in [2.24, 2.45) is 5.92 Å². The van der Waals surface area contributed by atoms with Gasteiger partial charge in [-0.2, -0.15) is 5.48 Å². The van der Waals surface area contributed by atoms with Gasteiger partial charge in [0.15, 0.2) is 12.3 Å². The number of carbonyl (C=O) groups is 1. The van der Waals surface area contributed by atoms with Crippen LogP contribution in [0.25, 0.3) is 0 Å². The molecule has 1 saturated heterocycles. The molecule has 1 fully saturated rings. The maximum absolute atomic E-state index is 11.7. The van der Waals surface area contributed by atoms with Crippen LogP contribution >= 0.6 is 0 Å². The number of nitrogens with one attached hydrogen (secondary N) is 1. The SMILES string of the molecule is CC(C)(C)OC(=O)COc1ccc(NCC2CCOCC2)c([NH2+]O)c1. The standard InChI is InChI=1S/C18H28N2O5/c1-18(2,3)25-17(21)12-24-14-4-5-15(16(10-14)20-22)19-11-13-6-8-23-9-7-13/h4-5,10,13,19-20,22H,6-9,11-12H2,1-3H3/p+1. The van der Waals surface area contributed by atoms with Crippen LogP contribution < -0.4 is 15.5 Å². The Bertz CT molecular complexity index is 565. The average Bonchev–Trinajstić information content (AvgIpc) is 2.58. The lowest BCUT2D eigenvalue weighted by Gasteiger charge is -2.22. The van der Waals surface area contributed by atoms with Gasteiger partial charge in [0.1, 0.15) is 11.4 Å². The minimum atomic E-state index is -0.539. The van der Waals surface area contributed by atoms with Gasteiger partial charge >= 0.3 is 5.97 Å². The molecule has 1 aliphatic heterocycles. The molecule has 1 aromatic carbocycles. The van der Waals surface area contributed by atoms with Crippen LogP contribution in [0.3, 0.4) is 0 Å². The van der Waals surface area contributed by atoms with Gasteiger partial charge in [-0.25, -0.2) is 10.0 Å². The molecular formula is C18H29N2O5+. The highest BCUT2D eigenvalue weighted by Crippen LogP contribution is 2.25. The molecule has 25 heavy (non-hydrogen) atoms. The summed E-state index contributed by atoms with van der Waals surface area (Å²) in [6, 6.07) is 5.30. The quantitative estimate of drug-likeness (QED) is 0.393. The first-order valence-corrected chi connectivity index (χ1v) is 8.65. The Morgan fingerprint density at radius 1 is 1.36 bits per heavy atom. The molecule has 1 aliphatic rings. The van der Waals surface area contributed by atoms with Crippen molar-refractivity contribution in [1.82, 2.24) is 0 Å². The molecule has 7 nitrogen and oxygen atoms in total. The number of esters is 1. The summed E-state index contributed by atoms with van der Waals surface area (Å²) in [5, 5.41) is 12.8. The van der Waals surface area contributed by atoms with Gasteiger partial charge in [0.2, 0.25) is 0 Å². The summed E-state index contributed by atoms with van der Waals surface area (Å²) in [4.78, 5) is 11.7. The summed E-state index contributed by atoms with van der Waals surface area (Å²) in [5.41, 5.74) is 1.95. The fourth-order valence-corrected chi connectivity index (χ4v) is 2.62. The lowest BCUT2D eigenvalue weighted by atomic mass is 10.0. The number of quaternary nitrogens is 1. The van der Waals surface area contributed by atoms with Crippen LogP contribution in [-0.4, -0.2) is 43.1 Å². The second kappa shape index (κ2) is 9.03. The normalized spacial score (nSPS) is 15.7. The molecule has 0 aromatic heterocycles. The lowest BCUT2D eigenvalue weighted by molar-refractivity contribution is -0.825. The van der Waals surface area contributed by atoms with Crippen molar-refractivity contribution >= 4 is 17.3 Å². The van der Waals surface area contributed by atoms with Crippen molar-refractivity contribution < 1.29 is 29.7 Å². The summed E-state index contributed by atoms with van der Waals surface area (Å²) in [7, 11) is 0. The molecule has 1 aromatic rings. The Hall–Kier alpha value is -1.83. The maximum atomic E-state index is 11.7. The Morgan fingerprint density at radius 3 is 2.72 bits per heavy atom. The third-order valence-electron chi connectivity index (χ3n) is 3.86. The summed E-state index contributed by atoms with van der Waals surface area (Å²) >= 11 is 0. The first-order valence-electron chi connectivity index (χ1n) is 8.65. The summed E-state index contributed by atoms with van der Waals surface area (Å²) in [5.74, 6) is 0.648. The van der Waals surface area contributed by atoms with Gasteiger partial charge in [-0.15, -0.1) is 0 Å². The molecule has 0 bridgehead atoms. The highest BCUT2D eigenvalue weighted by atomic mass is 16.6. The van der Waals surface area contributed by atoms with Gasteiger partial charge in [-0.3, -0.25) is 0 Å². The van der Waals surface area contributed by atoms with E-state index in [1.54, 1.807) is 12.1 Å². The van der Waals surface area contributed by atoms with Crippen molar-refractivity contribution in [2.75, 3.05) is 31.7 Å². The maximum Gasteiger partial charge on any atom is 0.344 e. The molecule has 0 spiro atoms. The first kappa shape index (κ1) is 19.5. The van der Waals surface area contributed by atoms with E-state index in [4.69, 9.17) is 14.2 Å². The van der Waals surface area contributed by atoms with E-state index in [-0.39, 0.29) is 6.61 Å². The molecule has 0 radical (unpaired) electrons. The van der Waals surface area contributed by atoms with Crippen LogP contribution in [0.2, 0.25) is 0 Å². The first-order chi connectivity index (χ1) is 11.9. The molecule has 0 saturated carbocycles. The Labute approximate surface area is 148 Å². The molecule has 2 rings (SSSR count). The van der Waals surface area contributed by atoms with E-state index in [9.17, 15) is 10.0 Å². The summed E-state index contributed by atoms with van der Waals surface area (Å²) in [6.07, 6.45) is 2.09. The van der Waals surface area contributed by atoms with E-state index in [0.29, 0.717) is 17.4 Å². The fourth-order valence-electron chi connectivity index (χ4n) is 2.62. The zero-order valence-corrected chi connectivity index (χ0v) is 15.2. The van der Waals surface area contributed by atoms with Crippen LogP contribution in [0.15, 0.2) is 18.2 Å². The zero-order chi connectivity index (χ0) is 18.3. The number of hydrogen-bond donors (Lipinski definition) is 3. The highest BCUT2D eigenvalue weighted by Gasteiger charge is 2.18. The number of ether oxygens (including phenoxy) is 3.